The van der Waals surface area contributed by atoms with E-state index < -0.39 is 12.0 Å². The molecule has 26 heavy (non-hydrogen) atoms. The summed E-state index contributed by atoms with van der Waals surface area (Å²) in [5.74, 6) is -1.29. The third kappa shape index (κ3) is 3.92. The molecule has 0 saturated heterocycles. The molecule has 1 heterocycles. The highest BCUT2D eigenvalue weighted by molar-refractivity contribution is 7.14. The summed E-state index contributed by atoms with van der Waals surface area (Å²) in [4.78, 5) is 25.4. The number of hydrogen-bond acceptors (Lipinski definition) is 4. The van der Waals surface area contributed by atoms with E-state index in [-0.39, 0.29) is 12.5 Å². The zero-order valence-electron chi connectivity index (χ0n) is 14.4. The van der Waals surface area contributed by atoms with Gasteiger partial charge in [0.05, 0.1) is 11.5 Å². The molecular formula is C20H20N2O3S. The highest BCUT2D eigenvalue weighted by Crippen LogP contribution is 2.24. The fourth-order valence-electron chi connectivity index (χ4n) is 2.88. The Hall–Kier alpha value is -2.70. The number of rotatable bonds is 7. The van der Waals surface area contributed by atoms with Crippen LogP contribution >= 0.6 is 11.3 Å². The number of carbonyl (C=O) groups excluding carboxylic acids is 1. The zero-order valence-corrected chi connectivity index (χ0v) is 15.2. The van der Waals surface area contributed by atoms with Crippen molar-refractivity contribution >= 4 is 39.0 Å². The normalized spacial score (nSPS) is 12.0. The third-order valence-corrected chi connectivity index (χ3v) is 5.10. The van der Waals surface area contributed by atoms with Crippen molar-refractivity contribution in [2.24, 2.45) is 0 Å². The molecule has 0 unspecified atom stereocenters. The van der Waals surface area contributed by atoms with Crippen LogP contribution in [-0.4, -0.2) is 29.6 Å². The lowest BCUT2D eigenvalue weighted by Gasteiger charge is -2.25. The summed E-state index contributed by atoms with van der Waals surface area (Å²) in [6.45, 7) is 2.12. The summed E-state index contributed by atoms with van der Waals surface area (Å²) < 4.78 is 0. The van der Waals surface area contributed by atoms with Gasteiger partial charge < -0.3 is 10.4 Å². The van der Waals surface area contributed by atoms with E-state index in [2.05, 4.69) is 23.5 Å². The van der Waals surface area contributed by atoms with Crippen molar-refractivity contribution in [1.29, 1.82) is 0 Å². The minimum atomic E-state index is -1.03. The smallest absolute Gasteiger partial charge is 0.326 e. The minimum Gasteiger partial charge on any atom is -0.480 e. The molecule has 3 aromatic rings. The van der Waals surface area contributed by atoms with Crippen molar-refractivity contribution in [1.82, 2.24) is 5.32 Å². The maximum absolute atomic E-state index is 12.6. The molecule has 0 bridgehead atoms. The summed E-state index contributed by atoms with van der Waals surface area (Å²) in [5.41, 5.74) is 1.10. The van der Waals surface area contributed by atoms with Crippen molar-refractivity contribution in [3.8, 4) is 0 Å². The molecule has 5 nitrogen and oxygen atoms in total. The molecule has 0 saturated carbocycles. The summed E-state index contributed by atoms with van der Waals surface area (Å²) >= 11 is 1.35. The highest BCUT2D eigenvalue weighted by atomic mass is 32.1. The maximum Gasteiger partial charge on any atom is 0.326 e. The Bertz CT molecular complexity index is 903. The first-order chi connectivity index (χ1) is 12.6. The first-order valence-corrected chi connectivity index (χ1v) is 9.21. The van der Waals surface area contributed by atoms with Crippen molar-refractivity contribution in [3.63, 3.8) is 0 Å². The van der Waals surface area contributed by atoms with Crippen LogP contribution in [0.1, 0.15) is 12.5 Å². The summed E-state index contributed by atoms with van der Waals surface area (Å²) in [5, 5.41) is 17.2. The van der Waals surface area contributed by atoms with Crippen LogP contribution in [0.2, 0.25) is 0 Å². The molecule has 1 amide bonds. The second-order valence-corrected chi connectivity index (χ2v) is 6.90. The SMILES string of the molecule is C[C@@H](C(=O)O)N(C(=O)CNCc1cccc2ccccc12)c1cccs1. The number of carboxylic acid groups (broad SMARTS) is 1. The number of benzene rings is 2. The Morgan fingerprint density at radius 3 is 2.62 bits per heavy atom. The quantitative estimate of drug-likeness (QED) is 0.670. The monoisotopic (exact) mass is 368 g/mol. The fourth-order valence-corrected chi connectivity index (χ4v) is 3.71. The lowest BCUT2D eigenvalue weighted by Crippen LogP contribution is -2.46. The first kappa shape index (κ1) is 18.1. The van der Waals surface area contributed by atoms with Crippen LogP contribution < -0.4 is 10.2 Å². The number of fused-ring (bicyclic) bond motifs is 1. The van der Waals surface area contributed by atoms with Gasteiger partial charge in [-0.2, -0.15) is 0 Å². The fraction of sp³-hybridized carbons (Fsp3) is 0.200. The second kappa shape index (κ2) is 8.12. The van der Waals surface area contributed by atoms with Gasteiger partial charge in [0, 0.05) is 6.54 Å². The number of hydrogen-bond donors (Lipinski definition) is 2. The molecular weight excluding hydrogens is 348 g/mol. The summed E-state index contributed by atoms with van der Waals surface area (Å²) in [6, 6.07) is 16.8. The van der Waals surface area contributed by atoms with Crippen LogP contribution in [0, 0.1) is 0 Å². The number of thiophene rings is 1. The average molecular weight is 368 g/mol. The number of anilines is 1. The second-order valence-electron chi connectivity index (χ2n) is 5.97. The van der Waals surface area contributed by atoms with Gasteiger partial charge in [0.15, 0.2) is 0 Å². The van der Waals surface area contributed by atoms with Gasteiger partial charge >= 0.3 is 5.97 Å². The molecule has 0 radical (unpaired) electrons. The average Bonchev–Trinajstić information content (AvgIpc) is 3.16. The van der Waals surface area contributed by atoms with Crippen LogP contribution in [0.4, 0.5) is 5.00 Å². The van der Waals surface area contributed by atoms with E-state index in [1.54, 1.807) is 12.1 Å². The predicted molar refractivity (Wildman–Crippen MR) is 105 cm³/mol. The number of carboxylic acids is 1. The van der Waals surface area contributed by atoms with E-state index in [1.165, 1.54) is 23.2 Å². The molecule has 0 spiro atoms. The van der Waals surface area contributed by atoms with Crippen molar-refractivity contribution in [3.05, 3.63) is 65.5 Å². The number of aliphatic carboxylic acids is 1. The highest BCUT2D eigenvalue weighted by Gasteiger charge is 2.27. The van der Waals surface area contributed by atoms with E-state index in [4.69, 9.17) is 0 Å². The Morgan fingerprint density at radius 2 is 1.88 bits per heavy atom. The molecule has 0 aliphatic heterocycles. The number of amides is 1. The predicted octanol–water partition coefficient (Wildman–Crippen LogP) is 3.50. The first-order valence-electron chi connectivity index (χ1n) is 8.33. The Morgan fingerprint density at radius 1 is 1.12 bits per heavy atom. The van der Waals surface area contributed by atoms with E-state index in [0.717, 1.165) is 16.3 Å². The van der Waals surface area contributed by atoms with E-state index in [1.807, 2.05) is 29.6 Å². The van der Waals surface area contributed by atoms with Gasteiger partial charge in [-0.05, 0) is 40.8 Å². The minimum absolute atomic E-state index is 0.0682. The van der Waals surface area contributed by atoms with Gasteiger partial charge in [0.25, 0.3) is 0 Å². The molecule has 3 rings (SSSR count). The molecule has 0 fully saturated rings. The summed E-state index contributed by atoms with van der Waals surface area (Å²) in [7, 11) is 0. The molecule has 134 valence electrons. The lowest BCUT2D eigenvalue weighted by atomic mass is 10.0. The van der Waals surface area contributed by atoms with Gasteiger partial charge in [-0.1, -0.05) is 42.5 Å². The Labute approximate surface area is 155 Å². The third-order valence-electron chi connectivity index (χ3n) is 4.23. The molecule has 6 heteroatoms. The van der Waals surface area contributed by atoms with Crippen molar-refractivity contribution < 1.29 is 14.7 Å². The van der Waals surface area contributed by atoms with Crippen LogP contribution in [0.25, 0.3) is 10.8 Å². The van der Waals surface area contributed by atoms with E-state index in [0.29, 0.717) is 11.5 Å². The number of nitrogens with zero attached hydrogens (tertiary/aromatic N) is 1. The molecule has 2 aromatic carbocycles. The standard InChI is InChI=1S/C20H20N2O3S/c1-14(20(24)25)22(19-10-5-11-26-19)18(23)13-21-12-16-8-4-7-15-6-2-3-9-17(15)16/h2-11,14,21H,12-13H2,1H3,(H,24,25)/t14-/m0/s1. The molecule has 2 N–H and O–H groups in total. The van der Waals surface area contributed by atoms with Crippen LogP contribution in [0.3, 0.4) is 0 Å². The number of nitrogens with one attached hydrogen (secondary N) is 1. The van der Waals surface area contributed by atoms with Crippen LogP contribution in [-0.2, 0) is 16.1 Å². The zero-order chi connectivity index (χ0) is 18.5. The van der Waals surface area contributed by atoms with Gasteiger partial charge in [0.2, 0.25) is 5.91 Å². The van der Waals surface area contributed by atoms with Crippen LogP contribution in [0.15, 0.2) is 60.0 Å². The summed E-state index contributed by atoms with van der Waals surface area (Å²) in [6.07, 6.45) is 0. The molecule has 0 aliphatic carbocycles. The van der Waals surface area contributed by atoms with Crippen LogP contribution in [0.5, 0.6) is 0 Å². The van der Waals surface area contributed by atoms with Gasteiger partial charge in [0.1, 0.15) is 6.04 Å². The van der Waals surface area contributed by atoms with E-state index in [9.17, 15) is 14.7 Å². The number of carbonyl (C=O) groups is 2. The Kier molecular flexibility index (Phi) is 5.65. The van der Waals surface area contributed by atoms with Gasteiger partial charge in [-0.3, -0.25) is 9.69 Å². The molecule has 1 atom stereocenters. The van der Waals surface area contributed by atoms with Gasteiger partial charge in [-0.15, -0.1) is 11.3 Å². The topological polar surface area (TPSA) is 69.6 Å². The van der Waals surface area contributed by atoms with E-state index >= 15 is 0 Å². The van der Waals surface area contributed by atoms with Crippen molar-refractivity contribution in [2.75, 3.05) is 11.4 Å². The molecule has 0 aliphatic rings. The molecule has 1 aromatic heterocycles. The van der Waals surface area contributed by atoms with Gasteiger partial charge in [-0.25, -0.2) is 4.79 Å². The largest absolute Gasteiger partial charge is 0.480 e. The maximum atomic E-state index is 12.6. The van der Waals surface area contributed by atoms with Crippen molar-refractivity contribution in [2.45, 2.75) is 19.5 Å². The Balaban J connectivity index is 1.69. The lowest BCUT2D eigenvalue weighted by molar-refractivity contribution is -0.139.